The number of carbonyl (C=O) groups is 1. The Kier molecular flexibility index (Phi) is 7.17. The maximum absolute atomic E-state index is 13.2. The highest BCUT2D eigenvalue weighted by Crippen LogP contribution is 2.29. The van der Waals surface area contributed by atoms with Gasteiger partial charge in [-0.25, -0.2) is 4.98 Å². The quantitative estimate of drug-likeness (QED) is 0.556. The molecular formula is C23H26ClN3O4. The lowest BCUT2D eigenvalue weighted by atomic mass is 10.1. The molecule has 0 aliphatic heterocycles. The van der Waals surface area contributed by atoms with Crippen molar-refractivity contribution in [3.05, 3.63) is 63.2 Å². The Hall–Kier alpha value is -3.06. The number of ether oxygens (including phenoxy) is 2. The summed E-state index contributed by atoms with van der Waals surface area (Å²) < 4.78 is 11.1. The number of amides is 1. The Bertz CT molecular complexity index is 1140. The van der Waals surface area contributed by atoms with E-state index >= 15 is 0 Å². The molecule has 1 aromatic heterocycles. The summed E-state index contributed by atoms with van der Waals surface area (Å²) in [4.78, 5) is 34.6. The molecule has 0 aliphatic carbocycles. The molecule has 1 N–H and O–H groups in total. The van der Waals surface area contributed by atoms with E-state index < -0.39 is 0 Å². The Morgan fingerprint density at radius 1 is 1.19 bits per heavy atom. The number of carbonyl (C=O) groups excluding carboxylic acids is 1. The number of methoxy groups -OCH3 is 1. The molecule has 0 radical (unpaired) electrons. The van der Waals surface area contributed by atoms with Crippen LogP contribution in [0.3, 0.4) is 0 Å². The van der Waals surface area contributed by atoms with Crippen molar-refractivity contribution in [1.82, 2.24) is 14.9 Å². The normalized spacial score (nSPS) is 11.0. The molecule has 0 aliphatic rings. The average Bonchev–Trinajstić information content (AvgIpc) is 2.72. The number of hydrogen-bond donors (Lipinski definition) is 1. The number of nitrogens with one attached hydrogen (secondary N) is 1. The number of aromatic nitrogens is 2. The molecule has 1 amide bonds. The molecule has 0 fully saturated rings. The van der Waals surface area contributed by atoms with E-state index in [-0.39, 0.29) is 24.1 Å². The molecule has 0 spiro atoms. The van der Waals surface area contributed by atoms with E-state index in [0.717, 1.165) is 6.42 Å². The third kappa shape index (κ3) is 5.35. The number of H-pyrrole nitrogens is 1. The van der Waals surface area contributed by atoms with E-state index in [1.807, 2.05) is 20.8 Å². The molecule has 31 heavy (non-hydrogen) atoms. The largest absolute Gasteiger partial charge is 0.493 e. The van der Waals surface area contributed by atoms with Crippen molar-refractivity contribution < 1.29 is 14.3 Å². The molecule has 3 aromatic rings. The van der Waals surface area contributed by atoms with Gasteiger partial charge in [0.1, 0.15) is 5.82 Å². The van der Waals surface area contributed by atoms with Gasteiger partial charge in [0, 0.05) is 17.1 Å². The van der Waals surface area contributed by atoms with Gasteiger partial charge in [-0.15, -0.1) is 0 Å². The van der Waals surface area contributed by atoms with Crippen LogP contribution in [0.4, 0.5) is 0 Å². The number of halogens is 1. The zero-order valence-electron chi connectivity index (χ0n) is 18.1. The molecule has 0 saturated carbocycles. The second-order valence-corrected chi connectivity index (χ2v) is 7.87. The monoisotopic (exact) mass is 443 g/mol. The molecular weight excluding hydrogens is 418 g/mol. The maximum atomic E-state index is 13.2. The number of aromatic amines is 1. The van der Waals surface area contributed by atoms with Crippen LogP contribution < -0.4 is 15.0 Å². The third-order valence-corrected chi connectivity index (χ3v) is 4.85. The second kappa shape index (κ2) is 9.83. The highest BCUT2D eigenvalue weighted by atomic mass is 35.5. The van der Waals surface area contributed by atoms with Gasteiger partial charge in [0.05, 0.1) is 30.7 Å². The molecule has 164 valence electrons. The highest BCUT2D eigenvalue weighted by molar-refractivity contribution is 6.31. The Balaban J connectivity index is 1.91. The minimum atomic E-state index is -0.266. The topological polar surface area (TPSA) is 84.5 Å². The van der Waals surface area contributed by atoms with E-state index in [1.165, 1.54) is 7.11 Å². The van der Waals surface area contributed by atoms with Gasteiger partial charge in [0.2, 0.25) is 0 Å². The standard InChI is InChI=1S/C23H26ClN3O4/c1-5-10-27(13-21-25-18-12-16(24)7-8-17(18)22(28)26-21)23(29)15-6-9-19(31-14(2)3)20(11-15)30-4/h6-9,11-12,14H,5,10,13H2,1-4H3,(H,25,26,28). The molecule has 0 bridgehead atoms. The maximum Gasteiger partial charge on any atom is 0.258 e. The number of rotatable bonds is 8. The van der Waals surface area contributed by atoms with E-state index in [9.17, 15) is 9.59 Å². The van der Waals surface area contributed by atoms with Crippen molar-refractivity contribution >= 4 is 28.4 Å². The molecule has 0 atom stereocenters. The number of fused-ring (bicyclic) bond motifs is 1. The summed E-state index contributed by atoms with van der Waals surface area (Å²) in [6.07, 6.45) is 0.734. The molecule has 0 unspecified atom stereocenters. The van der Waals surface area contributed by atoms with Crippen LogP contribution in [0.1, 0.15) is 43.4 Å². The van der Waals surface area contributed by atoms with Crippen LogP contribution in [0.2, 0.25) is 5.02 Å². The summed E-state index contributed by atoms with van der Waals surface area (Å²) in [7, 11) is 1.54. The fraction of sp³-hybridized carbons (Fsp3) is 0.348. The zero-order chi connectivity index (χ0) is 22.5. The smallest absolute Gasteiger partial charge is 0.258 e. The van der Waals surface area contributed by atoms with Crippen molar-refractivity contribution in [2.45, 2.75) is 39.8 Å². The first-order valence-electron chi connectivity index (χ1n) is 10.1. The van der Waals surface area contributed by atoms with Gasteiger partial charge in [-0.2, -0.15) is 0 Å². The minimum absolute atomic E-state index is 0.0173. The van der Waals surface area contributed by atoms with Gasteiger partial charge in [-0.05, 0) is 56.7 Å². The predicted octanol–water partition coefficient (Wildman–Crippen LogP) is 4.42. The molecule has 1 heterocycles. The van der Waals surface area contributed by atoms with E-state index in [0.29, 0.717) is 45.4 Å². The summed E-state index contributed by atoms with van der Waals surface area (Å²) in [5.41, 5.74) is 0.692. The van der Waals surface area contributed by atoms with Gasteiger partial charge in [-0.1, -0.05) is 18.5 Å². The number of benzene rings is 2. The first-order chi connectivity index (χ1) is 14.8. The van der Waals surface area contributed by atoms with Crippen LogP contribution in [0.5, 0.6) is 11.5 Å². The van der Waals surface area contributed by atoms with Crippen LogP contribution in [-0.4, -0.2) is 40.5 Å². The Morgan fingerprint density at radius 3 is 2.65 bits per heavy atom. The molecule has 3 rings (SSSR count). The van der Waals surface area contributed by atoms with Crippen LogP contribution in [0, 0.1) is 0 Å². The molecule has 8 heteroatoms. The predicted molar refractivity (Wildman–Crippen MR) is 121 cm³/mol. The summed E-state index contributed by atoms with van der Waals surface area (Å²) in [5, 5.41) is 0.945. The van der Waals surface area contributed by atoms with Gasteiger partial charge < -0.3 is 19.4 Å². The van der Waals surface area contributed by atoms with Crippen LogP contribution >= 0.6 is 11.6 Å². The van der Waals surface area contributed by atoms with Crippen molar-refractivity contribution in [3.8, 4) is 11.5 Å². The summed E-state index contributed by atoms with van der Waals surface area (Å²) in [5.74, 6) is 1.27. The van der Waals surface area contributed by atoms with Crippen LogP contribution in [0.15, 0.2) is 41.2 Å². The molecule has 0 saturated heterocycles. The fourth-order valence-electron chi connectivity index (χ4n) is 3.27. The van der Waals surface area contributed by atoms with E-state index in [2.05, 4.69) is 9.97 Å². The van der Waals surface area contributed by atoms with Crippen LogP contribution in [-0.2, 0) is 6.54 Å². The van der Waals surface area contributed by atoms with Gasteiger partial charge >= 0.3 is 0 Å². The lowest BCUT2D eigenvalue weighted by molar-refractivity contribution is 0.0738. The summed E-state index contributed by atoms with van der Waals surface area (Å²) >= 11 is 6.04. The minimum Gasteiger partial charge on any atom is -0.493 e. The van der Waals surface area contributed by atoms with E-state index in [1.54, 1.807) is 41.3 Å². The van der Waals surface area contributed by atoms with Crippen molar-refractivity contribution in [3.63, 3.8) is 0 Å². The fourth-order valence-corrected chi connectivity index (χ4v) is 3.44. The molecule has 7 nitrogen and oxygen atoms in total. The first-order valence-corrected chi connectivity index (χ1v) is 10.5. The summed E-state index contributed by atoms with van der Waals surface area (Å²) in [6.45, 7) is 6.49. The third-order valence-electron chi connectivity index (χ3n) is 4.61. The SMILES string of the molecule is CCCN(Cc1nc2cc(Cl)ccc2c(=O)[nH]1)C(=O)c1ccc(OC(C)C)c(OC)c1. The van der Waals surface area contributed by atoms with Crippen molar-refractivity contribution in [1.29, 1.82) is 0 Å². The van der Waals surface area contributed by atoms with Gasteiger partial charge in [-0.3, -0.25) is 9.59 Å². The second-order valence-electron chi connectivity index (χ2n) is 7.43. The Labute approximate surface area is 186 Å². The van der Waals surface area contributed by atoms with Crippen molar-refractivity contribution in [2.75, 3.05) is 13.7 Å². The lowest BCUT2D eigenvalue weighted by Gasteiger charge is -2.22. The van der Waals surface area contributed by atoms with Crippen molar-refractivity contribution in [2.24, 2.45) is 0 Å². The summed E-state index contributed by atoms with van der Waals surface area (Å²) in [6, 6.07) is 10.0. The van der Waals surface area contributed by atoms with Gasteiger partial charge in [0.25, 0.3) is 11.5 Å². The van der Waals surface area contributed by atoms with Gasteiger partial charge in [0.15, 0.2) is 11.5 Å². The average molecular weight is 444 g/mol. The molecule has 2 aromatic carbocycles. The van der Waals surface area contributed by atoms with Crippen LogP contribution in [0.25, 0.3) is 10.9 Å². The Morgan fingerprint density at radius 2 is 1.97 bits per heavy atom. The highest BCUT2D eigenvalue weighted by Gasteiger charge is 2.19. The number of hydrogen-bond acceptors (Lipinski definition) is 5. The number of nitrogens with zero attached hydrogens (tertiary/aromatic N) is 2. The zero-order valence-corrected chi connectivity index (χ0v) is 18.8. The first kappa shape index (κ1) is 22.6. The van der Waals surface area contributed by atoms with E-state index in [4.69, 9.17) is 21.1 Å². The lowest BCUT2D eigenvalue weighted by Crippen LogP contribution is -2.32.